The zero-order chi connectivity index (χ0) is 15.7. The van der Waals surface area contributed by atoms with Crippen LogP contribution in [0.1, 0.15) is 51.1 Å². The van der Waals surface area contributed by atoms with Crippen molar-refractivity contribution in [2.45, 2.75) is 57.7 Å². The second-order valence-electron chi connectivity index (χ2n) is 6.78. The maximum Gasteiger partial charge on any atom is 0.226 e. The highest BCUT2D eigenvalue weighted by molar-refractivity contribution is 6.30. The lowest BCUT2D eigenvalue weighted by Gasteiger charge is -2.36. The van der Waals surface area contributed by atoms with Crippen LogP contribution in [0.3, 0.4) is 0 Å². The minimum Gasteiger partial charge on any atom is -0.333 e. The quantitative estimate of drug-likeness (QED) is 0.915. The fourth-order valence-electron chi connectivity index (χ4n) is 3.51. The lowest BCUT2D eigenvalue weighted by molar-refractivity contribution is -0.139. The van der Waals surface area contributed by atoms with E-state index in [1.165, 1.54) is 5.56 Å². The standard InChI is InChI=1S/C18H25ClN2O/c1-12-11-15(9-10-20-12)18(22)21(17-7-8-17)13(2)14-3-5-16(19)6-4-14/h3-6,12-13,15,17,20H,7-11H2,1-2H3/t12-,13?,15-/m0/s1. The van der Waals surface area contributed by atoms with Gasteiger partial charge in [-0.05, 0) is 63.8 Å². The third-order valence-corrected chi connectivity index (χ3v) is 5.19. The molecule has 3 rings (SSSR count). The Labute approximate surface area is 138 Å². The highest BCUT2D eigenvalue weighted by Crippen LogP contribution is 2.37. The van der Waals surface area contributed by atoms with Gasteiger partial charge in [0, 0.05) is 23.0 Å². The molecule has 0 bridgehead atoms. The van der Waals surface area contributed by atoms with Gasteiger partial charge < -0.3 is 10.2 Å². The molecule has 120 valence electrons. The third kappa shape index (κ3) is 3.47. The van der Waals surface area contributed by atoms with Crippen LogP contribution in [-0.4, -0.2) is 29.4 Å². The van der Waals surface area contributed by atoms with Gasteiger partial charge in [-0.2, -0.15) is 0 Å². The smallest absolute Gasteiger partial charge is 0.226 e. The summed E-state index contributed by atoms with van der Waals surface area (Å²) in [5, 5.41) is 4.18. The molecule has 22 heavy (non-hydrogen) atoms. The number of rotatable bonds is 4. The zero-order valence-electron chi connectivity index (χ0n) is 13.4. The molecule has 0 spiro atoms. The summed E-state index contributed by atoms with van der Waals surface area (Å²) in [5.74, 6) is 0.518. The Morgan fingerprint density at radius 2 is 1.95 bits per heavy atom. The molecule has 1 saturated heterocycles. The lowest BCUT2D eigenvalue weighted by Crippen LogP contribution is -2.45. The molecule has 1 aromatic carbocycles. The van der Waals surface area contributed by atoms with Gasteiger partial charge in [0.1, 0.15) is 0 Å². The van der Waals surface area contributed by atoms with Gasteiger partial charge in [0.25, 0.3) is 0 Å². The first kappa shape index (κ1) is 15.8. The summed E-state index contributed by atoms with van der Waals surface area (Å²) in [6.45, 7) is 5.26. The van der Waals surface area contributed by atoms with E-state index >= 15 is 0 Å². The highest BCUT2D eigenvalue weighted by atomic mass is 35.5. The summed E-state index contributed by atoms with van der Waals surface area (Å²) in [7, 11) is 0. The molecule has 1 aliphatic carbocycles. The van der Waals surface area contributed by atoms with Crippen molar-refractivity contribution in [1.29, 1.82) is 0 Å². The first-order chi connectivity index (χ1) is 10.6. The van der Waals surface area contributed by atoms with Crippen molar-refractivity contribution in [2.75, 3.05) is 6.54 Å². The Morgan fingerprint density at radius 1 is 1.27 bits per heavy atom. The molecule has 4 heteroatoms. The molecule has 3 atom stereocenters. The van der Waals surface area contributed by atoms with E-state index in [9.17, 15) is 4.79 Å². The van der Waals surface area contributed by atoms with Crippen molar-refractivity contribution in [3.8, 4) is 0 Å². The fourth-order valence-corrected chi connectivity index (χ4v) is 3.63. The molecule has 1 aromatic rings. The van der Waals surface area contributed by atoms with Gasteiger partial charge in [-0.1, -0.05) is 23.7 Å². The van der Waals surface area contributed by atoms with Crippen LogP contribution in [0.25, 0.3) is 0 Å². The van der Waals surface area contributed by atoms with Crippen molar-refractivity contribution in [1.82, 2.24) is 10.2 Å². The van der Waals surface area contributed by atoms with E-state index in [0.717, 1.165) is 37.3 Å². The lowest BCUT2D eigenvalue weighted by atomic mass is 9.91. The summed E-state index contributed by atoms with van der Waals surface area (Å²) >= 11 is 5.98. The van der Waals surface area contributed by atoms with E-state index in [0.29, 0.717) is 18.0 Å². The average Bonchev–Trinajstić information content (AvgIpc) is 3.32. The van der Waals surface area contributed by atoms with Crippen LogP contribution < -0.4 is 5.32 Å². The number of nitrogens with one attached hydrogen (secondary N) is 1. The zero-order valence-corrected chi connectivity index (χ0v) is 14.1. The molecule has 1 N–H and O–H groups in total. The summed E-state index contributed by atoms with van der Waals surface area (Å²) in [6.07, 6.45) is 4.20. The Morgan fingerprint density at radius 3 is 2.55 bits per heavy atom. The molecule has 2 aliphatic rings. The molecule has 1 aliphatic heterocycles. The van der Waals surface area contributed by atoms with E-state index in [4.69, 9.17) is 11.6 Å². The average molecular weight is 321 g/mol. The molecular weight excluding hydrogens is 296 g/mol. The number of halogens is 1. The van der Waals surface area contributed by atoms with Gasteiger partial charge in [0.05, 0.1) is 6.04 Å². The maximum absolute atomic E-state index is 13.1. The molecule has 1 amide bonds. The monoisotopic (exact) mass is 320 g/mol. The molecule has 3 nitrogen and oxygen atoms in total. The molecule has 1 heterocycles. The fraction of sp³-hybridized carbons (Fsp3) is 0.611. The first-order valence-electron chi connectivity index (χ1n) is 8.37. The number of hydrogen-bond donors (Lipinski definition) is 1. The largest absolute Gasteiger partial charge is 0.333 e. The Bertz CT molecular complexity index is 526. The van der Waals surface area contributed by atoms with Crippen LogP contribution in [0.15, 0.2) is 24.3 Å². The van der Waals surface area contributed by atoms with Crippen LogP contribution in [0.2, 0.25) is 5.02 Å². The van der Waals surface area contributed by atoms with Crippen LogP contribution in [0, 0.1) is 5.92 Å². The molecule has 0 radical (unpaired) electrons. The first-order valence-corrected chi connectivity index (χ1v) is 8.75. The number of carbonyl (C=O) groups is 1. The van der Waals surface area contributed by atoms with Crippen LogP contribution in [-0.2, 0) is 4.79 Å². The van der Waals surface area contributed by atoms with E-state index in [1.54, 1.807) is 0 Å². The Kier molecular flexibility index (Phi) is 4.74. The summed E-state index contributed by atoms with van der Waals surface area (Å²) in [6, 6.07) is 8.91. The van der Waals surface area contributed by atoms with E-state index in [-0.39, 0.29) is 12.0 Å². The summed E-state index contributed by atoms with van der Waals surface area (Å²) in [5.41, 5.74) is 1.17. The number of hydrogen-bond acceptors (Lipinski definition) is 2. The summed E-state index contributed by atoms with van der Waals surface area (Å²) in [4.78, 5) is 15.2. The predicted octanol–water partition coefficient (Wildman–Crippen LogP) is 3.78. The van der Waals surface area contributed by atoms with Crippen molar-refractivity contribution >= 4 is 17.5 Å². The van der Waals surface area contributed by atoms with E-state index in [1.807, 2.05) is 24.3 Å². The SMILES string of the molecule is CC(c1ccc(Cl)cc1)N(C(=O)[C@H]1CCN[C@@H](C)C1)C1CC1. The number of nitrogens with zero attached hydrogens (tertiary/aromatic N) is 1. The van der Waals surface area contributed by atoms with E-state index < -0.39 is 0 Å². The topological polar surface area (TPSA) is 32.3 Å². The number of piperidine rings is 1. The van der Waals surface area contributed by atoms with Gasteiger partial charge in [-0.15, -0.1) is 0 Å². The molecule has 1 unspecified atom stereocenters. The van der Waals surface area contributed by atoms with Crippen molar-refractivity contribution in [3.05, 3.63) is 34.9 Å². The minimum absolute atomic E-state index is 0.127. The summed E-state index contributed by atoms with van der Waals surface area (Å²) < 4.78 is 0. The van der Waals surface area contributed by atoms with Gasteiger partial charge in [0.15, 0.2) is 0 Å². The normalized spacial score (nSPS) is 26.5. The molecule has 2 fully saturated rings. The second-order valence-corrected chi connectivity index (χ2v) is 7.22. The number of benzene rings is 1. The highest BCUT2D eigenvalue weighted by Gasteiger charge is 2.39. The van der Waals surface area contributed by atoms with E-state index in [2.05, 4.69) is 24.1 Å². The predicted molar refractivity (Wildman–Crippen MR) is 89.9 cm³/mol. The van der Waals surface area contributed by atoms with Gasteiger partial charge in [0.2, 0.25) is 5.91 Å². The molecular formula is C18H25ClN2O. The van der Waals surface area contributed by atoms with Gasteiger partial charge >= 0.3 is 0 Å². The molecule has 0 aromatic heterocycles. The van der Waals surface area contributed by atoms with Crippen molar-refractivity contribution < 1.29 is 4.79 Å². The number of carbonyl (C=O) groups excluding carboxylic acids is 1. The second kappa shape index (κ2) is 6.59. The van der Waals surface area contributed by atoms with Crippen molar-refractivity contribution in [2.24, 2.45) is 5.92 Å². The molecule has 1 saturated carbocycles. The number of amides is 1. The van der Waals surface area contributed by atoms with Crippen LogP contribution >= 0.6 is 11.6 Å². The van der Waals surface area contributed by atoms with Crippen LogP contribution in [0.4, 0.5) is 0 Å². The van der Waals surface area contributed by atoms with Gasteiger partial charge in [-0.3, -0.25) is 4.79 Å². The van der Waals surface area contributed by atoms with Gasteiger partial charge in [-0.25, -0.2) is 0 Å². The maximum atomic E-state index is 13.1. The van der Waals surface area contributed by atoms with Crippen molar-refractivity contribution in [3.63, 3.8) is 0 Å². The Balaban J connectivity index is 1.77. The third-order valence-electron chi connectivity index (χ3n) is 4.94. The minimum atomic E-state index is 0.127. The Hall–Kier alpha value is -1.06. The van der Waals surface area contributed by atoms with Crippen LogP contribution in [0.5, 0.6) is 0 Å².